The van der Waals surface area contributed by atoms with Crippen LogP contribution in [0.2, 0.25) is 0 Å². The van der Waals surface area contributed by atoms with Crippen molar-refractivity contribution in [2.75, 3.05) is 44.8 Å². The van der Waals surface area contributed by atoms with E-state index in [1.54, 1.807) is 41.5 Å². The number of aromatic nitrogens is 2. The maximum absolute atomic E-state index is 12.7. The highest BCUT2D eigenvalue weighted by atomic mass is 32.1. The predicted molar refractivity (Wildman–Crippen MR) is 111 cm³/mol. The summed E-state index contributed by atoms with van der Waals surface area (Å²) in [6, 6.07) is 9.15. The fourth-order valence-electron chi connectivity index (χ4n) is 3.60. The number of ether oxygens (including phenoxy) is 1. The van der Waals surface area contributed by atoms with Crippen molar-refractivity contribution >= 4 is 28.5 Å². The highest BCUT2D eigenvalue weighted by Crippen LogP contribution is 2.30. The van der Waals surface area contributed by atoms with Crippen LogP contribution in [0.25, 0.3) is 5.65 Å². The maximum Gasteiger partial charge on any atom is 0.376 e. The van der Waals surface area contributed by atoms with Gasteiger partial charge in [-0.1, -0.05) is 12.1 Å². The molecule has 0 N–H and O–H groups in total. The monoisotopic (exact) mass is 415 g/mol. The number of anilines is 1. The van der Waals surface area contributed by atoms with E-state index in [0.29, 0.717) is 25.4 Å². The molecule has 3 aromatic rings. The van der Waals surface area contributed by atoms with E-state index in [1.807, 2.05) is 11.4 Å². The number of fused-ring (bicyclic) bond motifs is 1. The van der Waals surface area contributed by atoms with Gasteiger partial charge < -0.3 is 9.64 Å². The Labute approximate surface area is 170 Å². The number of thiophene rings is 1. The van der Waals surface area contributed by atoms with Crippen molar-refractivity contribution in [2.24, 2.45) is 0 Å². The van der Waals surface area contributed by atoms with Crippen LogP contribution in [0.3, 0.4) is 0 Å². The van der Waals surface area contributed by atoms with Crippen molar-refractivity contribution in [1.29, 1.82) is 0 Å². The van der Waals surface area contributed by atoms with Gasteiger partial charge in [-0.05, 0) is 23.6 Å². The van der Waals surface area contributed by atoms with E-state index in [0.717, 1.165) is 13.1 Å². The molecule has 0 saturated carbocycles. The van der Waals surface area contributed by atoms with Gasteiger partial charge in [0.1, 0.15) is 5.65 Å². The average Bonchev–Trinajstić information content (AvgIpc) is 3.26. The third-order valence-electron chi connectivity index (χ3n) is 5.04. The molecule has 29 heavy (non-hydrogen) atoms. The Kier molecular flexibility index (Phi) is 5.56. The predicted octanol–water partition coefficient (Wildman–Crippen LogP) is 2.17. The molecule has 0 bridgehead atoms. The van der Waals surface area contributed by atoms with Crippen LogP contribution >= 0.6 is 11.3 Å². The number of hydrogen-bond acceptors (Lipinski definition) is 8. The van der Waals surface area contributed by atoms with Gasteiger partial charge in [-0.3, -0.25) is 24.2 Å². The number of rotatable bonds is 6. The minimum absolute atomic E-state index is 0.0273. The lowest BCUT2D eigenvalue weighted by molar-refractivity contribution is -0.385. The summed E-state index contributed by atoms with van der Waals surface area (Å²) < 4.78 is 6.68. The van der Waals surface area contributed by atoms with Gasteiger partial charge in [-0.15, -0.1) is 11.3 Å². The first-order valence-electron chi connectivity index (χ1n) is 9.28. The Morgan fingerprint density at radius 1 is 1.31 bits per heavy atom. The molecule has 1 saturated heterocycles. The number of hydrogen-bond donors (Lipinski definition) is 0. The Balaban J connectivity index is 1.73. The molecule has 9 nitrogen and oxygen atoms in total. The number of likely N-dealkylation sites (N-methyl/N-ethyl adjacent to an activating group) is 1. The standard InChI is InChI=1S/C19H21N5O4S/c1-21(13-14(15-5-4-12-29-15)22-8-10-28-11-9-22)18-17(24(26)27)19(25)23-7-3-2-6-16(23)20-18/h2-7,12,14H,8-11,13H2,1H3. The van der Waals surface area contributed by atoms with Crippen LogP contribution in [-0.4, -0.2) is 59.1 Å². The van der Waals surface area contributed by atoms with E-state index in [1.165, 1.54) is 15.5 Å². The molecule has 3 aromatic heterocycles. The van der Waals surface area contributed by atoms with Gasteiger partial charge in [0.15, 0.2) is 0 Å². The minimum atomic E-state index is -0.679. The Bertz CT molecular complexity index is 1060. The summed E-state index contributed by atoms with van der Waals surface area (Å²) >= 11 is 1.65. The molecule has 0 aliphatic carbocycles. The summed E-state index contributed by atoms with van der Waals surface area (Å²) in [6.45, 7) is 3.35. The molecule has 1 unspecified atom stereocenters. The molecule has 1 fully saturated rings. The van der Waals surface area contributed by atoms with Gasteiger partial charge >= 0.3 is 11.2 Å². The van der Waals surface area contributed by atoms with Crippen molar-refractivity contribution in [2.45, 2.75) is 6.04 Å². The lowest BCUT2D eigenvalue weighted by Gasteiger charge is -2.36. The van der Waals surface area contributed by atoms with Crippen LogP contribution in [-0.2, 0) is 4.74 Å². The second-order valence-electron chi connectivity index (χ2n) is 6.84. The van der Waals surface area contributed by atoms with E-state index in [4.69, 9.17) is 4.74 Å². The van der Waals surface area contributed by atoms with Gasteiger partial charge in [0.25, 0.3) is 0 Å². The zero-order valence-electron chi connectivity index (χ0n) is 15.9. The van der Waals surface area contributed by atoms with Crippen LogP contribution in [0.4, 0.5) is 11.5 Å². The number of morpholine rings is 1. The SMILES string of the molecule is CN(CC(c1cccs1)N1CCOCC1)c1nc2ccccn2c(=O)c1[N+](=O)[O-]. The molecule has 1 aliphatic heterocycles. The zero-order valence-corrected chi connectivity index (χ0v) is 16.7. The summed E-state index contributed by atoms with van der Waals surface area (Å²) in [5.41, 5.74) is -0.811. The number of pyridine rings is 1. The Morgan fingerprint density at radius 3 is 2.79 bits per heavy atom. The van der Waals surface area contributed by atoms with Crippen LogP contribution in [0.5, 0.6) is 0 Å². The maximum atomic E-state index is 12.7. The van der Waals surface area contributed by atoms with Crippen molar-refractivity contribution in [3.05, 3.63) is 67.3 Å². The molecule has 152 valence electrons. The van der Waals surface area contributed by atoms with E-state index < -0.39 is 16.2 Å². The van der Waals surface area contributed by atoms with Crippen LogP contribution in [0.1, 0.15) is 10.9 Å². The molecule has 0 spiro atoms. The van der Waals surface area contributed by atoms with Crippen molar-refractivity contribution in [3.63, 3.8) is 0 Å². The number of nitro groups is 1. The molecule has 4 heterocycles. The Hall–Kier alpha value is -2.82. The first-order valence-corrected chi connectivity index (χ1v) is 10.2. The van der Waals surface area contributed by atoms with Crippen LogP contribution < -0.4 is 10.5 Å². The van der Waals surface area contributed by atoms with Crippen molar-refractivity contribution in [3.8, 4) is 0 Å². The van der Waals surface area contributed by atoms with Gasteiger partial charge in [0.2, 0.25) is 5.82 Å². The van der Waals surface area contributed by atoms with E-state index in [9.17, 15) is 14.9 Å². The molecule has 10 heteroatoms. The van der Waals surface area contributed by atoms with Crippen molar-refractivity contribution in [1.82, 2.24) is 14.3 Å². The molecule has 1 atom stereocenters. The van der Waals surface area contributed by atoms with Gasteiger partial charge in [-0.25, -0.2) is 4.98 Å². The average molecular weight is 415 g/mol. The lowest BCUT2D eigenvalue weighted by atomic mass is 10.1. The molecule has 4 rings (SSSR count). The second kappa shape index (κ2) is 8.27. The highest BCUT2D eigenvalue weighted by molar-refractivity contribution is 7.10. The molecule has 0 aromatic carbocycles. The summed E-state index contributed by atoms with van der Waals surface area (Å²) in [6.07, 6.45) is 1.49. The quantitative estimate of drug-likeness (QED) is 0.450. The summed E-state index contributed by atoms with van der Waals surface area (Å²) in [5.74, 6) is 0.0843. The second-order valence-corrected chi connectivity index (χ2v) is 7.81. The smallest absolute Gasteiger partial charge is 0.376 e. The topological polar surface area (TPSA) is 93.2 Å². The third-order valence-corrected chi connectivity index (χ3v) is 6.01. The van der Waals surface area contributed by atoms with Crippen LogP contribution in [0, 0.1) is 10.1 Å². The van der Waals surface area contributed by atoms with Crippen LogP contribution in [0.15, 0.2) is 46.7 Å². The fourth-order valence-corrected chi connectivity index (χ4v) is 4.45. The summed E-state index contributed by atoms with van der Waals surface area (Å²) in [5, 5.41) is 13.7. The zero-order chi connectivity index (χ0) is 20.4. The molecule has 1 aliphatic rings. The first-order chi connectivity index (χ1) is 14.1. The van der Waals surface area contributed by atoms with Gasteiger partial charge in [0.05, 0.1) is 24.2 Å². The summed E-state index contributed by atoms with van der Waals surface area (Å²) in [7, 11) is 1.75. The Morgan fingerprint density at radius 2 is 2.10 bits per heavy atom. The first kappa shape index (κ1) is 19.5. The highest BCUT2D eigenvalue weighted by Gasteiger charge is 2.30. The van der Waals surface area contributed by atoms with Gasteiger partial charge in [-0.2, -0.15) is 0 Å². The van der Waals surface area contributed by atoms with Gasteiger partial charge in [0, 0.05) is 37.8 Å². The van der Waals surface area contributed by atoms with E-state index >= 15 is 0 Å². The third kappa shape index (κ3) is 3.86. The molecule has 0 radical (unpaired) electrons. The largest absolute Gasteiger partial charge is 0.379 e. The van der Waals surface area contributed by atoms with Crippen molar-refractivity contribution < 1.29 is 9.66 Å². The fraction of sp³-hybridized carbons (Fsp3) is 0.368. The molecular weight excluding hydrogens is 394 g/mol. The molecular formula is C19H21N5O4S. The van der Waals surface area contributed by atoms with E-state index in [-0.39, 0.29) is 11.9 Å². The lowest BCUT2D eigenvalue weighted by Crippen LogP contribution is -2.43. The minimum Gasteiger partial charge on any atom is -0.379 e. The van der Waals surface area contributed by atoms with E-state index in [2.05, 4.69) is 16.0 Å². The normalized spacial score (nSPS) is 16.0. The molecule has 0 amide bonds. The number of nitrogens with zero attached hydrogens (tertiary/aromatic N) is 5. The summed E-state index contributed by atoms with van der Waals surface area (Å²) in [4.78, 5) is 33.4.